The molecule has 1 aromatic rings. The molecule has 1 aliphatic rings. The molecule has 2 rings (SSSR count). The first-order valence-corrected chi connectivity index (χ1v) is 6.49. The average Bonchev–Trinajstić information content (AvgIpc) is 2.30. The number of nitrogens with one attached hydrogen (secondary N) is 1. The van der Waals surface area contributed by atoms with Crippen LogP contribution in [0, 0.1) is 3.57 Å². The van der Waals surface area contributed by atoms with E-state index in [2.05, 4.69) is 52.2 Å². The van der Waals surface area contributed by atoms with E-state index >= 15 is 0 Å². The van der Waals surface area contributed by atoms with Crippen molar-refractivity contribution in [2.24, 2.45) is 0 Å². The molecule has 1 saturated heterocycles. The Morgan fingerprint density at radius 1 is 1.33 bits per heavy atom. The fourth-order valence-electron chi connectivity index (χ4n) is 1.76. The first-order valence-electron chi connectivity index (χ1n) is 5.41. The molecule has 0 spiro atoms. The summed E-state index contributed by atoms with van der Waals surface area (Å²) in [6.45, 7) is 2.89. The second-order valence-electron chi connectivity index (χ2n) is 3.91. The molecular formula is C12H16INO. The SMILES string of the molecule is Ic1ccc(CO[C@H]2CCCNC2)cc1. The second-order valence-corrected chi connectivity index (χ2v) is 5.15. The Balaban J connectivity index is 1.79. The van der Waals surface area contributed by atoms with E-state index in [1.807, 2.05) is 0 Å². The molecular weight excluding hydrogens is 301 g/mol. The van der Waals surface area contributed by atoms with Gasteiger partial charge in [0.15, 0.2) is 0 Å². The second kappa shape index (κ2) is 5.82. The smallest absolute Gasteiger partial charge is 0.0721 e. The fraction of sp³-hybridized carbons (Fsp3) is 0.500. The summed E-state index contributed by atoms with van der Waals surface area (Å²) in [5.74, 6) is 0. The lowest BCUT2D eigenvalue weighted by molar-refractivity contribution is 0.0253. The van der Waals surface area contributed by atoms with Crippen molar-refractivity contribution in [3.05, 3.63) is 33.4 Å². The standard InChI is InChI=1S/C12H16INO/c13-11-5-3-10(4-6-11)9-15-12-2-1-7-14-8-12/h3-6,12,14H,1-2,7-9H2/t12-/m0/s1. The van der Waals surface area contributed by atoms with E-state index in [0.29, 0.717) is 6.10 Å². The number of benzene rings is 1. The summed E-state index contributed by atoms with van der Waals surface area (Å²) in [7, 11) is 0. The molecule has 0 bridgehead atoms. The molecule has 0 unspecified atom stereocenters. The fourth-order valence-corrected chi connectivity index (χ4v) is 2.12. The van der Waals surface area contributed by atoms with Crippen molar-refractivity contribution in [2.45, 2.75) is 25.6 Å². The van der Waals surface area contributed by atoms with E-state index in [9.17, 15) is 0 Å². The van der Waals surface area contributed by atoms with E-state index in [-0.39, 0.29) is 0 Å². The van der Waals surface area contributed by atoms with Gasteiger partial charge in [-0.15, -0.1) is 0 Å². The van der Waals surface area contributed by atoms with Crippen molar-refractivity contribution in [1.29, 1.82) is 0 Å². The molecule has 1 aromatic carbocycles. The minimum absolute atomic E-state index is 0.401. The van der Waals surface area contributed by atoms with Gasteiger partial charge in [-0.25, -0.2) is 0 Å². The molecule has 82 valence electrons. The van der Waals surface area contributed by atoms with Crippen LogP contribution in [-0.4, -0.2) is 19.2 Å². The van der Waals surface area contributed by atoms with Crippen molar-refractivity contribution < 1.29 is 4.74 Å². The number of rotatable bonds is 3. The summed E-state index contributed by atoms with van der Waals surface area (Å²) in [6.07, 6.45) is 2.83. The normalized spacial score (nSPS) is 21.5. The third kappa shape index (κ3) is 3.74. The lowest BCUT2D eigenvalue weighted by atomic mass is 10.1. The summed E-state index contributed by atoms with van der Waals surface area (Å²) in [5, 5.41) is 3.35. The maximum atomic E-state index is 5.84. The first kappa shape index (κ1) is 11.4. The Labute approximate surface area is 105 Å². The Bertz CT molecular complexity index is 293. The van der Waals surface area contributed by atoms with Gasteiger partial charge in [0.2, 0.25) is 0 Å². The van der Waals surface area contributed by atoms with Crippen LogP contribution in [0.3, 0.4) is 0 Å². The van der Waals surface area contributed by atoms with E-state index in [0.717, 1.165) is 19.7 Å². The quantitative estimate of drug-likeness (QED) is 0.865. The van der Waals surface area contributed by atoms with Crippen molar-refractivity contribution in [3.63, 3.8) is 0 Å². The van der Waals surface area contributed by atoms with E-state index in [1.165, 1.54) is 22.0 Å². The van der Waals surface area contributed by atoms with Crippen molar-refractivity contribution >= 4 is 22.6 Å². The lowest BCUT2D eigenvalue weighted by Gasteiger charge is -2.23. The molecule has 1 aliphatic heterocycles. The van der Waals surface area contributed by atoms with Crippen molar-refractivity contribution in [1.82, 2.24) is 5.32 Å². The molecule has 1 N–H and O–H groups in total. The summed E-state index contributed by atoms with van der Waals surface area (Å²) >= 11 is 2.32. The van der Waals surface area contributed by atoms with Crippen LogP contribution in [-0.2, 0) is 11.3 Å². The molecule has 1 fully saturated rings. The maximum absolute atomic E-state index is 5.84. The molecule has 2 nitrogen and oxygen atoms in total. The van der Waals surface area contributed by atoms with Gasteiger partial charge >= 0.3 is 0 Å². The average molecular weight is 317 g/mol. The number of piperidine rings is 1. The Hall–Kier alpha value is -0.130. The van der Waals surface area contributed by atoms with Gasteiger partial charge in [0, 0.05) is 10.1 Å². The Morgan fingerprint density at radius 3 is 2.80 bits per heavy atom. The summed E-state index contributed by atoms with van der Waals surface area (Å²) in [5.41, 5.74) is 1.26. The Kier molecular flexibility index (Phi) is 4.41. The van der Waals surface area contributed by atoms with Gasteiger partial charge in [-0.1, -0.05) is 12.1 Å². The molecule has 15 heavy (non-hydrogen) atoms. The third-order valence-corrected chi connectivity index (χ3v) is 3.37. The van der Waals surface area contributed by atoms with Crippen LogP contribution in [0.1, 0.15) is 18.4 Å². The van der Waals surface area contributed by atoms with Crippen molar-refractivity contribution in [3.8, 4) is 0 Å². The van der Waals surface area contributed by atoms with Crippen LogP contribution in [0.25, 0.3) is 0 Å². The van der Waals surface area contributed by atoms with Gasteiger partial charge in [-0.2, -0.15) is 0 Å². The van der Waals surface area contributed by atoms with Crippen LogP contribution >= 0.6 is 22.6 Å². The minimum atomic E-state index is 0.401. The zero-order chi connectivity index (χ0) is 10.5. The predicted octanol–water partition coefficient (Wildman–Crippen LogP) is 2.56. The number of ether oxygens (including phenoxy) is 1. The van der Waals surface area contributed by atoms with Gasteiger partial charge < -0.3 is 10.1 Å². The molecule has 0 radical (unpaired) electrons. The largest absolute Gasteiger partial charge is 0.372 e. The highest BCUT2D eigenvalue weighted by Gasteiger charge is 2.12. The van der Waals surface area contributed by atoms with Gasteiger partial charge in [0.1, 0.15) is 0 Å². The van der Waals surface area contributed by atoms with Gasteiger partial charge in [0.05, 0.1) is 12.7 Å². The van der Waals surface area contributed by atoms with E-state index in [4.69, 9.17) is 4.74 Å². The maximum Gasteiger partial charge on any atom is 0.0721 e. The Morgan fingerprint density at radius 2 is 2.13 bits per heavy atom. The topological polar surface area (TPSA) is 21.3 Å². The zero-order valence-corrected chi connectivity index (χ0v) is 10.9. The molecule has 1 heterocycles. The highest BCUT2D eigenvalue weighted by molar-refractivity contribution is 14.1. The molecule has 0 saturated carbocycles. The van der Waals surface area contributed by atoms with Gasteiger partial charge in [0.25, 0.3) is 0 Å². The number of halogens is 1. The lowest BCUT2D eigenvalue weighted by Crippen LogP contribution is -2.35. The van der Waals surface area contributed by atoms with E-state index in [1.54, 1.807) is 0 Å². The van der Waals surface area contributed by atoms with Crippen LogP contribution in [0.15, 0.2) is 24.3 Å². The van der Waals surface area contributed by atoms with E-state index < -0.39 is 0 Å². The van der Waals surface area contributed by atoms with Crippen LogP contribution < -0.4 is 5.32 Å². The highest BCUT2D eigenvalue weighted by Crippen LogP contribution is 2.11. The van der Waals surface area contributed by atoms with Gasteiger partial charge in [-0.3, -0.25) is 0 Å². The zero-order valence-electron chi connectivity index (χ0n) is 8.71. The van der Waals surface area contributed by atoms with Crippen LogP contribution in [0.2, 0.25) is 0 Å². The summed E-state index contributed by atoms with van der Waals surface area (Å²) < 4.78 is 7.12. The van der Waals surface area contributed by atoms with Crippen LogP contribution in [0.4, 0.5) is 0 Å². The third-order valence-electron chi connectivity index (χ3n) is 2.65. The summed E-state index contributed by atoms with van der Waals surface area (Å²) in [4.78, 5) is 0. The molecule has 0 aromatic heterocycles. The minimum Gasteiger partial charge on any atom is -0.372 e. The molecule has 0 amide bonds. The summed E-state index contributed by atoms with van der Waals surface area (Å²) in [6, 6.07) is 8.52. The number of hydrogen-bond acceptors (Lipinski definition) is 2. The van der Waals surface area contributed by atoms with Crippen LogP contribution in [0.5, 0.6) is 0 Å². The molecule has 0 aliphatic carbocycles. The monoisotopic (exact) mass is 317 g/mol. The van der Waals surface area contributed by atoms with Crippen molar-refractivity contribution in [2.75, 3.05) is 13.1 Å². The number of hydrogen-bond donors (Lipinski definition) is 1. The first-order chi connectivity index (χ1) is 7.34. The molecule has 3 heteroatoms. The highest BCUT2D eigenvalue weighted by atomic mass is 127. The van der Waals surface area contributed by atoms with Gasteiger partial charge in [-0.05, 0) is 59.7 Å². The molecule has 1 atom stereocenters. The predicted molar refractivity (Wildman–Crippen MR) is 69.8 cm³/mol.